The Labute approximate surface area is 116 Å². The maximum atomic E-state index is 11.9. The molecule has 1 aromatic heterocycles. The molecule has 0 radical (unpaired) electrons. The van der Waals surface area contributed by atoms with Gasteiger partial charge in [-0.3, -0.25) is 9.78 Å². The molecule has 2 rings (SSSR count). The summed E-state index contributed by atoms with van der Waals surface area (Å²) in [5.74, 6) is 0.0486. The number of nitrogens with zero attached hydrogens (tertiary/aromatic N) is 1. The molecule has 3 N–H and O–H groups in total. The van der Waals surface area contributed by atoms with Crippen molar-refractivity contribution in [2.24, 2.45) is 0 Å². The average molecular weight is 274 g/mol. The first-order valence-corrected chi connectivity index (χ1v) is 6.52. The Morgan fingerprint density at radius 2 is 1.75 bits per heavy atom. The molecule has 2 aromatic rings. The normalized spacial score (nSPS) is 12.4. The minimum Gasteiger partial charge on any atom is -0.343 e. The molecule has 1 amide bonds. The molecular weight excluding hydrogens is 256 g/mol. The van der Waals surface area contributed by atoms with E-state index in [4.69, 9.17) is 0 Å². The fourth-order valence-corrected chi connectivity index (χ4v) is 1.90. The molecule has 0 saturated heterocycles. The summed E-state index contributed by atoms with van der Waals surface area (Å²) >= 11 is 0. The van der Waals surface area contributed by atoms with E-state index in [1.54, 1.807) is 0 Å². The van der Waals surface area contributed by atoms with Crippen LogP contribution in [0.15, 0.2) is 29.1 Å². The van der Waals surface area contributed by atoms with Crippen LogP contribution in [0.1, 0.15) is 54.5 Å². The van der Waals surface area contributed by atoms with Crippen LogP contribution in [-0.2, 0) is 0 Å². The number of carbonyl (C=O) groups is 1. The van der Waals surface area contributed by atoms with E-state index in [1.807, 2.05) is 19.1 Å². The molecule has 106 valence electrons. The van der Waals surface area contributed by atoms with E-state index in [0.29, 0.717) is 5.92 Å². The van der Waals surface area contributed by atoms with E-state index in [1.165, 1.54) is 5.56 Å². The van der Waals surface area contributed by atoms with Crippen molar-refractivity contribution < 1.29 is 4.79 Å². The molecule has 0 spiro atoms. The standard InChI is InChI=1S/C14H18N4O2/c1-8(2)10-4-6-11(7-5-10)9(3)15-13(19)12-16-14(20)18-17-12/h4-9H,1-3H3,(H,15,19)(H2,16,17,18,20)/t9-/m0/s1. The van der Waals surface area contributed by atoms with E-state index in [-0.39, 0.29) is 11.9 Å². The van der Waals surface area contributed by atoms with Gasteiger partial charge in [0.2, 0.25) is 5.82 Å². The van der Waals surface area contributed by atoms with Crippen LogP contribution < -0.4 is 11.0 Å². The van der Waals surface area contributed by atoms with Crippen LogP contribution >= 0.6 is 0 Å². The van der Waals surface area contributed by atoms with E-state index < -0.39 is 11.6 Å². The Balaban J connectivity index is 2.06. The zero-order valence-electron chi connectivity index (χ0n) is 11.7. The third kappa shape index (κ3) is 3.14. The molecule has 0 aliphatic carbocycles. The molecule has 1 atom stereocenters. The number of hydrogen-bond acceptors (Lipinski definition) is 3. The fourth-order valence-electron chi connectivity index (χ4n) is 1.90. The highest BCUT2D eigenvalue weighted by atomic mass is 16.2. The number of rotatable bonds is 4. The summed E-state index contributed by atoms with van der Waals surface area (Å²) in [7, 11) is 0. The largest absolute Gasteiger partial charge is 0.343 e. The van der Waals surface area contributed by atoms with Gasteiger partial charge >= 0.3 is 5.69 Å². The summed E-state index contributed by atoms with van der Waals surface area (Å²) in [4.78, 5) is 25.1. The number of aromatic amines is 2. The first-order valence-electron chi connectivity index (χ1n) is 6.52. The van der Waals surface area contributed by atoms with Crippen LogP contribution in [0, 0.1) is 0 Å². The zero-order chi connectivity index (χ0) is 14.7. The second kappa shape index (κ2) is 5.73. The Morgan fingerprint density at radius 1 is 1.15 bits per heavy atom. The number of carbonyl (C=O) groups excluding carboxylic acids is 1. The lowest BCUT2D eigenvalue weighted by molar-refractivity contribution is 0.0929. The van der Waals surface area contributed by atoms with Crippen molar-refractivity contribution in [1.82, 2.24) is 20.5 Å². The molecule has 0 bridgehead atoms. The highest BCUT2D eigenvalue weighted by molar-refractivity contribution is 5.90. The van der Waals surface area contributed by atoms with Gasteiger partial charge in [0.05, 0.1) is 6.04 Å². The molecular formula is C14H18N4O2. The van der Waals surface area contributed by atoms with Gasteiger partial charge in [0.25, 0.3) is 5.91 Å². The fraction of sp³-hybridized carbons (Fsp3) is 0.357. The van der Waals surface area contributed by atoms with Crippen molar-refractivity contribution in [3.05, 3.63) is 51.7 Å². The molecule has 0 fully saturated rings. The third-order valence-corrected chi connectivity index (χ3v) is 3.17. The van der Waals surface area contributed by atoms with Crippen molar-refractivity contribution >= 4 is 5.91 Å². The molecule has 6 heteroatoms. The van der Waals surface area contributed by atoms with Gasteiger partial charge in [-0.25, -0.2) is 9.89 Å². The molecule has 20 heavy (non-hydrogen) atoms. The maximum Gasteiger partial charge on any atom is 0.341 e. The summed E-state index contributed by atoms with van der Waals surface area (Å²) < 4.78 is 0. The van der Waals surface area contributed by atoms with Gasteiger partial charge in [0, 0.05) is 0 Å². The Kier molecular flexibility index (Phi) is 4.02. The number of hydrogen-bond donors (Lipinski definition) is 3. The molecule has 0 aliphatic rings. The second-order valence-corrected chi connectivity index (χ2v) is 5.04. The predicted molar refractivity (Wildman–Crippen MR) is 75.6 cm³/mol. The van der Waals surface area contributed by atoms with Crippen LogP contribution in [-0.4, -0.2) is 21.1 Å². The van der Waals surface area contributed by atoms with E-state index in [9.17, 15) is 9.59 Å². The lowest BCUT2D eigenvalue weighted by Crippen LogP contribution is -2.28. The quantitative estimate of drug-likeness (QED) is 0.792. The van der Waals surface area contributed by atoms with Gasteiger partial charge in [-0.15, -0.1) is 5.10 Å². The van der Waals surface area contributed by atoms with Gasteiger partial charge in [0.15, 0.2) is 0 Å². The SMILES string of the molecule is CC(C)c1ccc([C@H](C)NC(=O)c2n[nH]c(=O)[nH]2)cc1. The van der Waals surface area contributed by atoms with E-state index in [2.05, 4.69) is 46.5 Å². The number of H-pyrrole nitrogens is 2. The van der Waals surface area contributed by atoms with Crippen LogP contribution in [0.3, 0.4) is 0 Å². The molecule has 0 aliphatic heterocycles. The van der Waals surface area contributed by atoms with Gasteiger partial charge in [-0.2, -0.15) is 0 Å². The van der Waals surface area contributed by atoms with E-state index in [0.717, 1.165) is 5.56 Å². The van der Waals surface area contributed by atoms with Crippen LogP contribution in [0.4, 0.5) is 0 Å². The monoisotopic (exact) mass is 274 g/mol. The molecule has 6 nitrogen and oxygen atoms in total. The third-order valence-electron chi connectivity index (χ3n) is 3.17. The number of nitrogens with one attached hydrogen (secondary N) is 3. The van der Waals surface area contributed by atoms with Crippen molar-refractivity contribution in [3.8, 4) is 0 Å². The number of aromatic nitrogens is 3. The van der Waals surface area contributed by atoms with Crippen LogP contribution in [0.2, 0.25) is 0 Å². The zero-order valence-corrected chi connectivity index (χ0v) is 11.7. The Hall–Kier alpha value is -2.37. The Morgan fingerprint density at radius 3 is 2.25 bits per heavy atom. The van der Waals surface area contributed by atoms with E-state index >= 15 is 0 Å². The number of amides is 1. The summed E-state index contributed by atoms with van der Waals surface area (Å²) in [6.45, 7) is 6.15. The van der Waals surface area contributed by atoms with Gasteiger partial charge in [-0.1, -0.05) is 38.1 Å². The first kappa shape index (κ1) is 14.0. The predicted octanol–water partition coefficient (Wildman–Crippen LogP) is 1.71. The number of benzene rings is 1. The van der Waals surface area contributed by atoms with Crippen molar-refractivity contribution in [2.75, 3.05) is 0 Å². The lowest BCUT2D eigenvalue weighted by Gasteiger charge is -2.14. The molecule has 1 heterocycles. The smallest absolute Gasteiger partial charge is 0.341 e. The summed E-state index contributed by atoms with van der Waals surface area (Å²) in [6, 6.07) is 7.93. The summed E-state index contributed by atoms with van der Waals surface area (Å²) in [5.41, 5.74) is 1.76. The molecule has 0 saturated carbocycles. The Bertz CT molecular complexity index is 640. The summed E-state index contributed by atoms with van der Waals surface area (Å²) in [5, 5.41) is 8.54. The highest BCUT2D eigenvalue weighted by Crippen LogP contribution is 2.18. The lowest BCUT2D eigenvalue weighted by atomic mass is 9.99. The minimum atomic E-state index is -0.496. The van der Waals surface area contributed by atoms with Gasteiger partial charge in [0.1, 0.15) is 0 Å². The molecule has 0 unspecified atom stereocenters. The minimum absolute atomic E-state index is 0.0133. The maximum absolute atomic E-state index is 11.9. The summed E-state index contributed by atoms with van der Waals surface area (Å²) in [6.07, 6.45) is 0. The second-order valence-electron chi connectivity index (χ2n) is 5.04. The van der Waals surface area contributed by atoms with Gasteiger partial charge < -0.3 is 5.32 Å². The van der Waals surface area contributed by atoms with Crippen molar-refractivity contribution in [2.45, 2.75) is 32.7 Å². The average Bonchev–Trinajstić information content (AvgIpc) is 2.85. The van der Waals surface area contributed by atoms with Gasteiger partial charge in [-0.05, 0) is 24.0 Å². The molecule has 1 aromatic carbocycles. The topological polar surface area (TPSA) is 90.6 Å². The first-order chi connectivity index (χ1) is 9.47. The van der Waals surface area contributed by atoms with Crippen LogP contribution in [0.5, 0.6) is 0 Å². The van der Waals surface area contributed by atoms with Crippen molar-refractivity contribution in [1.29, 1.82) is 0 Å². The van der Waals surface area contributed by atoms with Crippen molar-refractivity contribution in [3.63, 3.8) is 0 Å². The highest BCUT2D eigenvalue weighted by Gasteiger charge is 2.14. The van der Waals surface area contributed by atoms with Crippen LogP contribution in [0.25, 0.3) is 0 Å².